The average molecular weight is 519 g/mol. The second-order valence-corrected chi connectivity index (χ2v) is 8.98. The number of imidazole rings is 1. The highest BCUT2D eigenvalue weighted by atomic mass is 35.5. The Morgan fingerprint density at radius 2 is 1.81 bits per heavy atom. The first-order chi connectivity index (χ1) is 15.3. The third kappa shape index (κ3) is 10.1. The van der Waals surface area contributed by atoms with E-state index in [0.717, 1.165) is 29.2 Å². The number of ether oxygens (including phenoxy) is 1. The average Bonchev–Trinajstić information content (AvgIpc) is 3.24. The van der Waals surface area contributed by atoms with Gasteiger partial charge >= 0.3 is 0 Å². The minimum absolute atomic E-state index is 0.150. The summed E-state index contributed by atoms with van der Waals surface area (Å²) >= 11 is 20.2. The molecule has 2 aromatic carbocycles. The molecule has 172 valence electrons. The van der Waals surface area contributed by atoms with Gasteiger partial charge < -0.3 is 14.5 Å². The van der Waals surface area contributed by atoms with Gasteiger partial charge in [0.1, 0.15) is 6.10 Å². The van der Waals surface area contributed by atoms with Crippen molar-refractivity contribution in [1.29, 1.82) is 0 Å². The molecule has 1 aromatic heterocycles. The van der Waals surface area contributed by atoms with Crippen LogP contribution in [-0.4, -0.2) is 32.2 Å². The first-order valence-electron chi connectivity index (χ1n) is 9.59. The van der Waals surface area contributed by atoms with Crippen molar-refractivity contribution in [2.24, 2.45) is 0 Å². The van der Waals surface area contributed by atoms with E-state index in [-0.39, 0.29) is 6.10 Å². The molecule has 0 aliphatic carbocycles. The smallest absolute Gasteiger partial charge is 0.291 e. The van der Waals surface area contributed by atoms with Crippen molar-refractivity contribution in [2.75, 3.05) is 12.4 Å². The Labute approximate surface area is 205 Å². The highest BCUT2D eigenvalue weighted by molar-refractivity contribution is 7.99. The maximum Gasteiger partial charge on any atom is 0.291 e. The van der Waals surface area contributed by atoms with Crippen LogP contribution in [0.3, 0.4) is 0 Å². The molecule has 0 aliphatic rings. The number of unbranched alkanes of at least 4 members (excludes halogenated alkanes) is 1. The van der Waals surface area contributed by atoms with Gasteiger partial charge in [0.25, 0.3) is 5.09 Å². The quantitative estimate of drug-likeness (QED) is 0.137. The molecule has 0 aliphatic heterocycles. The molecule has 0 fully saturated rings. The van der Waals surface area contributed by atoms with Crippen LogP contribution in [0.4, 0.5) is 0 Å². The molecule has 1 unspecified atom stereocenters. The molecule has 1 N–H and O–H groups in total. The minimum atomic E-state index is -1.50. The zero-order chi connectivity index (χ0) is 23.3. The molecular weight excluding hydrogens is 497 g/mol. The van der Waals surface area contributed by atoms with Crippen molar-refractivity contribution in [1.82, 2.24) is 9.55 Å². The largest absolute Gasteiger partial charge is 0.372 e. The summed E-state index contributed by atoms with van der Waals surface area (Å²) in [4.78, 5) is 13.7. The molecule has 0 bridgehead atoms. The summed E-state index contributed by atoms with van der Waals surface area (Å²) < 4.78 is 8.18. The third-order valence-electron chi connectivity index (χ3n) is 4.19. The van der Waals surface area contributed by atoms with Crippen molar-refractivity contribution < 1.29 is 15.0 Å². The first-order valence-corrected chi connectivity index (χ1v) is 11.7. The molecule has 0 spiro atoms. The lowest BCUT2D eigenvalue weighted by atomic mass is 10.1. The lowest BCUT2D eigenvalue weighted by molar-refractivity contribution is -0.742. The lowest BCUT2D eigenvalue weighted by Gasteiger charge is -2.20. The second kappa shape index (κ2) is 14.2. The highest BCUT2D eigenvalue weighted by Crippen LogP contribution is 2.30. The Balaban J connectivity index is 0.000000837. The fourth-order valence-electron chi connectivity index (χ4n) is 2.74. The molecule has 1 atom stereocenters. The zero-order valence-corrected chi connectivity index (χ0v) is 20.0. The van der Waals surface area contributed by atoms with Gasteiger partial charge in [0.2, 0.25) is 0 Å². The summed E-state index contributed by atoms with van der Waals surface area (Å²) in [6.45, 7) is 1.32. The Hall–Kier alpha value is -1.97. The van der Waals surface area contributed by atoms with Gasteiger partial charge in [-0.25, -0.2) is 4.98 Å². The van der Waals surface area contributed by atoms with Gasteiger partial charge in [0.05, 0.1) is 12.9 Å². The van der Waals surface area contributed by atoms with Crippen LogP contribution in [0.2, 0.25) is 15.1 Å². The zero-order valence-electron chi connectivity index (χ0n) is 16.9. The number of nitrogens with zero attached hydrogens (tertiary/aromatic N) is 3. The Morgan fingerprint density at radius 1 is 1.12 bits per heavy atom. The molecule has 3 aromatic rings. The van der Waals surface area contributed by atoms with Gasteiger partial charge in [0.15, 0.2) is 0 Å². The van der Waals surface area contributed by atoms with E-state index >= 15 is 0 Å². The molecule has 11 heteroatoms. The predicted octanol–water partition coefficient (Wildman–Crippen LogP) is 6.83. The van der Waals surface area contributed by atoms with Crippen molar-refractivity contribution in [3.63, 3.8) is 0 Å². The Morgan fingerprint density at radius 3 is 2.44 bits per heavy atom. The molecule has 32 heavy (non-hydrogen) atoms. The molecular formula is C21H22Cl3N3O4S. The van der Waals surface area contributed by atoms with Crippen molar-refractivity contribution in [2.45, 2.75) is 30.4 Å². The van der Waals surface area contributed by atoms with Crippen LogP contribution < -0.4 is 0 Å². The van der Waals surface area contributed by atoms with Crippen LogP contribution in [0.5, 0.6) is 0 Å². The molecule has 0 amide bonds. The predicted molar refractivity (Wildman–Crippen MR) is 128 cm³/mol. The van der Waals surface area contributed by atoms with Crippen LogP contribution in [0.15, 0.2) is 66.1 Å². The summed E-state index contributed by atoms with van der Waals surface area (Å²) in [6.07, 6.45) is 7.36. The SMILES string of the molecule is Clc1ccc(SCCCCOC(Cn2ccnc2)c2ccc(Cl)cc2Cl)cc1.O=[N+]([O-])O. The van der Waals surface area contributed by atoms with Crippen LogP contribution in [-0.2, 0) is 11.3 Å². The third-order valence-corrected chi connectivity index (χ3v) is 6.10. The minimum Gasteiger partial charge on any atom is -0.372 e. The summed E-state index contributed by atoms with van der Waals surface area (Å²) in [5.74, 6) is 1.04. The van der Waals surface area contributed by atoms with Gasteiger partial charge in [0, 0.05) is 44.5 Å². The van der Waals surface area contributed by atoms with Crippen LogP contribution in [0.25, 0.3) is 0 Å². The molecule has 1 heterocycles. The van der Waals surface area contributed by atoms with Crippen molar-refractivity contribution in [3.8, 4) is 0 Å². The fraction of sp³-hybridized carbons (Fsp3) is 0.286. The monoisotopic (exact) mass is 517 g/mol. The number of hydrogen-bond donors (Lipinski definition) is 1. The lowest BCUT2D eigenvalue weighted by Crippen LogP contribution is -2.13. The Kier molecular flexibility index (Phi) is 11.7. The number of halogens is 3. The number of aromatic nitrogens is 2. The molecule has 0 saturated carbocycles. The topological polar surface area (TPSA) is 90.4 Å². The maximum atomic E-state index is 8.36. The molecule has 7 nitrogen and oxygen atoms in total. The van der Waals surface area contributed by atoms with Gasteiger partial charge in [-0.05, 0) is 55.0 Å². The van der Waals surface area contributed by atoms with Crippen molar-refractivity contribution in [3.05, 3.63) is 91.9 Å². The normalized spacial score (nSPS) is 11.5. The summed E-state index contributed by atoms with van der Waals surface area (Å²) in [7, 11) is 0. The van der Waals surface area contributed by atoms with E-state index in [1.807, 2.05) is 58.9 Å². The van der Waals surface area contributed by atoms with Gasteiger partial charge in [-0.15, -0.1) is 21.9 Å². The Bertz CT molecular complexity index is 955. The van der Waals surface area contributed by atoms with Crippen LogP contribution in [0, 0.1) is 10.1 Å². The first kappa shape index (κ1) is 26.3. The summed E-state index contributed by atoms with van der Waals surface area (Å²) in [5, 5.41) is 15.6. The van der Waals surface area contributed by atoms with Gasteiger partial charge in [-0.2, -0.15) is 0 Å². The van der Waals surface area contributed by atoms with Crippen LogP contribution in [0.1, 0.15) is 24.5 Å². The second-order valence-electron chi connectivity index (χ2n) is 6.53. The summed E-state index contributed by atoms with van der Waals surface area (Å²) in [5.41, 5.74) is 0.940. The van der Waals surface area contributed by atoms with Crippen LogP contribution >= 0.6 is 46.6 Å². The summed E-state index contributed by atoms with van der Waals surface area (Å²) in [6, 6.07) is 13.5. The van der Waals surface area contributed by atoms with E-state index in [2.05, 4.69) is 4.98 Å². The van der Waals surface area contributed by atoms with E-state index in [0.29, 0.717) is 23.2 Å². The number of thioether (sulfide) groups is 1. The van der Waals surface area contributed by atoms with E-state index in [1.54, 1.807) is 18.6 Å². The highest BCUT2D eigenvalue weighted by Gasteiger charge is 2.16. The van der Waals surface area contributed by atoms with Gasteiger partial charge in [-0.3, -0.25) is 0 Å². The van der Waals surface area contributed by atoms with E-state index in [9.17, 15) is 0 Å². The molecule has 0 saturated heterocycles. The maximum absolute atomic E-state index is 8.36. The molecule has 0 radical (unpaired) electrons. The molecule has 3 rings (SSSR count). The van der Waals surface area contributed by atoms with E-state index in [1.165, 1.54) is 4.90 Å². The van der Waals surface area contributed by atoms with Gasteiger partial charge in [-0.1, -0.05) is 40.9 Å². The fourth-order valence-corrected chi connectivity index (χ4v) is 4.31. The standard InChI is InChI=1S/C21H21Cl3N2OS.HNO3/c22-16-3-6-18(7-4-16)28-12-2-1-11-27-21(14-26-10-9-25-15-26)19-8-5-17(23)13-20(19)24;2-1(3)4/h3-10,13,15,21H,1-2,11-12,14H2;(H,2,3,4). The number of hydrogen-bond acceptors (Lipinski definition) is 5. The van der Waals surface area contributed by atoms with E-state index in [4.69, 9.17) is 54.9 Å². The number of rotatable bonds is 10. The van der Waals surface area contributed by atoms with E-state index < -0.39 is 5.09 Å². The van der Waals surface area contributed by atoms with Crippen molar-refractivity contribution >= 4 is 46.6 Å². The number of benzene rings is 2.